The smallest absolute Gasteiger partial charge is 0.341 e. The Hall–Kier alpha value is -1.88. The van der Waals surface area contributed by atoms with Crippen molar-refractivity contribution < 1.29 is 18.7 Å². The average molecular weight is 298 g/mol. The minimum Gasteiger partial charge on any atom is -0.491 e. The highest BCUT2D eigenvalue weighted by Crippen LogP contribution is 2.31. The van der Waals surface area contributed by atoms with Gasteiger partial charge in [-0.25, -0.2) is 9.18 Å². The molecule has 2 rings (SSSR count). The first-order chi connectivity index (χ1) is 9.58. The Labute approximate surface area is 120 Å². The molecule has 0 aliphatic heterocycles. The van der Waals surface area contributed by atoms with E-state index in [9.17, 15) is 9.18 Å². The number of hydrogen-bond acceptors (Lipinski definition) is 4. The number of esters is 1. The van der Waals surface area contributed by atoms with Gasteiger partial charge >= 0.3 is 5.97 Å². The first kappa shape index (κ1) is 14.5. The van der Waals surface area contributed by atoms with E-state index in [-0.39, 0.29) is 22.9 Å². The van der Waals surface area contributed by atoms with Gasteiger partial charge in [-0.15, -0.1) is 0 Å². The molecule has 1 aromatic heterocycles. The van der Waals surface area contributed by atoms with Gasteiger partial charge < -0.3 is 9.47 Å². The third-order valence-corrected chi connectivity index (χ3v) is 3.06. The summed E-state index contributed by atoms with van der Waals surface area (Å²) in [5, 5.41) is 0.622. The summed E-state index contributed by atoms with van der Waals surface area (Å²) in [5.74, 6) is -1.01. The van der Waals surface area contributed by atoms with Crippen molar-refractivity contribution in [2.75, 3.05) is 13.2 Å². The summed E-state index contributed by atoms with van der Waals surface area (Å²) in [7, 11) is 0. The number of hydrogen-bond donors (Lipinski definition) is 0. The van der Waals surface area contributed by atoms with Crippen molar-refractivity contribution in [3.63, 3.8) is 0 Å². The highest BCUT2D eigenvalue weighted by molar-refractivity contribution is 6.38. The maximum atomic E-state index is 13.7. The molecule has 106 valence electrons. The fraction of sp³-hybridized carbons (Fsp3) is 0.286. The van der Waals surface area contributed by atoms with Crippen LogP contribution in [0.1, 0.15) is 24.2 Å². The third-order valence-electron chi connectivity index (χ3n) is 2.65. The molecular formula is C14H13ClFNO3. The summed E-state index contributed by atoms with van der Waals surface area (Å²) in [6, 6.07) is 2.66. The van der Waals surface area contributed by atoms with Gasteiger partial charge in [-0.3, -0.25) is 4.98 Å². The molecule has 0 radical (unpaired) electrons. The molecule has 0 aliphatic rings. The highest BCUT2D eigenvalue weighted by atomic mass is 35.5. The lowest BCUT2D eigenvalue weighted by Crippen LogP contribution is -2.06. The maximum Gasteiger partial charge on any atom is 0.341 e. The quantitative estimate of drug-likeness (QED) is 0.809. The van der Waals surface area contributed by atoms with Gasteiger partial charge in [0.25, 0.3) is 0 Å². The number of rotatable bonds is 4. The van der Waals surface area contributed by atoms with Crippen molar-refractivity contribution in [2.24, 2.45) is 0 Å². The Morgan fingerprint density at radius 3 is 2.75 bits per heavy atom. The van der Waals surface area contributed by atoms with E-state index in [0.717, 1.165) is 0 Å². The summed E-state index contributed by atoms with van der Waals surface area (Å²) in [4.78, 5) is 15.8. The van der Waals surface area contributed by atoms with Crippen LogP contribution in [0.4, 0.5) is 4.39 Å². The summed E-state index contributed by atoms with van der Waals surface area (Å²) in [6.45, 7) is 4.01. The second-order valence-corrected chi connectivity index (χ2v) is 4.32. The van der Waals surface area contributed by atoms with E-state index in [0.29, 0.717) is 17.5 Å². The number of benzene rings is 1. The molecule has 0 saturated carbocycles. The first-order valence-corrected chi connectivity index (χ1v) is 6.54. The van der Waals surface area contributed by atoms with Crippen molar-refractivity contribution in [1.82, 2.24) is 4.98 Å². The predicted octanol–water partition coefficient (Wildman–Crippen LogP) is 3.60. The van der Waals surface area contributed by atoms with Crippen LogP contribution in [0, 0.1) is 5.82 Å². The van der Waals surface area contributed by atoms with Gasteiger partial charge in [-0.1, -0.05) is 11.6 Å². The number of aromatic nitrogens is 1. The Morgan fingerprint density at radius 2 is 2.10 bits per heavy atom. The van der Waals surface area contributed by atoms with E-state index in [4.69, 9.17) is 21.1 Å². The van der Waals surface area contributed by atoms with Gasteiger partial charge in [0, 0.05) is 17.6 Å². The molecule has 0 spiro atoms. The van der Waals surface area contributed by atoms with Crippen molar-refractivity contribution in [3.8, 4) is 5.75 Å². The van der Waals surface area contributed by atoms with Crippen LogP contribution in [0.25, 0.3) is 10.9 Å². The molecule has 20 heavy (non-hydrogen) atoms. The van der Waals surface area contributed by atoms with Crippen LogP contribution in [0.15, 0.2) is 18.3 Å². The lowest BCUT2D eigenvalue weighted by molar-refractivity contribution is 0.0526. The standard InChI is InChI=1S/C14H13ClFNO3/c1-3-19-12-5-8-11(6-10(12)16)17-7-9(13(8)15)14(18)20-4-2/h5-7H,3-4H2,1-2H3. The van der Waals surface area contributed by atoms with E-state index in [1.807, 2.05) is 0 Å². The average Bonchev–Trinajstić information content (AvgIpc) is 2.41. The molecule has 0 N–H and O–H groups in total. The first-order valence-electron chi connectivity index (χ1n) is 6.16. The number of carbonyl (C=O) groups is 1. The maximum absolute atomic E-state index is 13.7. The predicted molar refractivity (Wildman–Crippen MR) is 73.8 cm³/mol. The van der Waals surface area contributed by atoms with E-state index in [1.54, 1.807) is 13.8 Å². The van der Waals surface area contributed by atoms with Gasteiger partial charge in [0.1, 0.15) is 0 Å². The van der Waals surface area contributed by atoms with E-state index < -0.39 is 11.8 Å². The van der Waals surface area contributed by atoms with Crippen molar-refractivity contribution in [3.05, 3.63) is 34.7 Å². The zero-order valence-electron chi connectivity index (χ0n) is 11.1. The molecule has 4 nitrogen and oxygen atoms in total. The molecular weight excluding hydrogens is 285 g/mol. The summed E-state index contributed by atoms with van der Waals surface area (Å²) < 4.78 is 23.8. The lowest BCUT2D eigenvalue weighted by atomic mass is 10.1. The zero-order valence-corrected chi connectivity index (χ0v) is 11.8. The van der Waals surface area contributed by atoms with Crippen LogP contribution in [-0.4, -0.2) is 24.2 Å². The van der Waals surface area contributed by atoms with Crippen LogP contribution >= 0.6 is 11.6 Å². The second-order valence-electron chi connectivity index (χ2n) is 3.94. The molecule has 0 bridgehead atoms. The molecule has 0 unspecified atom stereocenters. The van der Waals surface area contributed by atoms with E-state index >= 15 is 0 Å². The number of pyridine rings is 1. The van der Waals surface area contributed by atoms with E-state index in [1.165, 1.54) is 18.3 Å². The molecule has 6 heteroatoms. The minimum atomic E-state index is -0.561. The molecule has 0 atom stereocenters. The molecule has 0 aliphatic carbocycles. The fourth-order valence-corrected chi connectivity index (χ4v) is 2.06. The molecule has 2 aromatic rings. The molecule has 1 aromatic carbocycles. The van der Waals surface area contributed by atoms with E-state index in [2.05, 4.69) is 4.98 Å². The van der Waals surface area contributed by atoms with Crippen LogP contribution < -0.4 is 4.74 Å². The summed E-state index contributed by atoms with van der Waals surface area (Å²) in [6.07, 6.45) is 1.28. The Morgan fingerprint density at radius 1 is 1.35 bits per heavy atom. The number of halogens is 2. The molecule has 0 saturated heterocycles. The highest BCUT2D eigenvalue weighted by Gasteiger charge is 2.17. The fourth-order valence-electron chi connectivity index (χ4n) is 1.78. The van der Waals surface area contributed by atoms with Crippen LogP contribution in [0.3, 0.4) is 0 Å². The molecule has 0 fully saturated rings. The van der Waals surface area contributed by atoms with Gasteiger partial charge in [-0.05, 0) is 19.9 Å². The zero-order chi connectivity index (χ0) is 14.7. The normalized spacial score (nSPS) is 10.6. The largest absolute Gasteiger partial charge is 0.491 e. The van der Waals surface area contributed by atoms with Crippen molar-refractivity contribution >= 4 is 28.5 Å². The second kappa shape index (κ2) is 6.05. The Bertz CT molecular complexity index is 660. The topological polar surface area (TPSA) is 48.4 Å². The monoisotopic (exact) mass is 297 g/mol. The number of nitrogens with zero attached hydrogens (tertiary/aromatic N) is 1. The SMILES string of the molecule is CCOC(=O)c1cnc2cc(F)c(OCC)cc2c1Cl. The van der Waals surface area contributed by atoms with Gasteiger partial charge in [0.15, 0.2) is 11.6 Å². The van der Waals surface area contributed by atoms with Crippen LogP contribution in [0.2, 0.25) is 5.02 Å². The number of carbonyl (C=O) groups excluding carboxylic acids is 1. The van der Waals surface area contributed by atoms with Gasteiger partial charge in [0.2, 0.25) is 0 Å². The summed E-state index contributed by atoms with van der Waals surface area (Å²) in [5.41, 5.74) is 0.499. The number of fused-ring (bicyclic) bond motifs is 1. The summed E-state index contributed by atoms with van der Waals surface area (Å²) >= 11 is 6.18. The van der Waals surface area contributed by atoms with Crippen LogP contribution in [0.5, 0.6) is 5.75 Å². The minimum absolute atomic E-state index is 0.0738. The van der Waals surface area contributed by atoms with Crippen molar-refractivity contribution in [1.29, 1.82) is 0 Å². The van der Waals surface area contributed by atoms with Crippen molar-refractivity contribution in [2.45, 2.75) is 13.8 Å². The lowest BCUT2D eigenvalue weighted by Gasteiger charge is -2.09. The molecule has 1 heterocycles. The van der Waals surface area contributed by atoms with Gasteiger partial charge in [0.05, 0.1) is 29.3 Å². The van der Waals surface area contributed by atoms with Crippen LogP contribution in [-0.2, 0) is 4.74 Å². The Balaban J connectivity index is 2.59. The Kier molecular flexibility index (Phi) is 4.39. The third kappa shape index (κ3) is 2.67. The number of ether oxygens (including phenoxy) is 2. The molecule has 0 amide bonds. The van der Waals surface area contributed by atoms with Gasteiger partial charge in [-0.2, -0.15) is 0 Å².